The molecule has 1 rings (SSSR count). The highest BCUT2D eigenvalue weighted by Gasteiger charge is 2.33. The molecular weight excluding hydrogens is 186 g/mol. The zero-order chi connectivity index (χ0) is 10.6. The van der Waals surface area contributed by atoms with E-state index in [4.69, 9.17) is 4.74 Å². The van der Waals surface area contributed by atoms with Crippen molar-refractivity contribution in [2.75, 3.05) is 19.7 Å². The number of aliphatic hydroxyl groups excluding tert-OH is 2. The van der Waals surface area contributed by atoms with Gasteiger partial charge in [0.25, 0.3) is 0 Å². The molecule has 0 spiro atoms. The fourth-order valence-electron chi connectivity index (χ4n) is 1.31. The molecule has 82 valence electrons. The van der Waals surface area contributed by atoms with Gasteiger partial charge in [-0.25, -0.2) is 4.79 Å². The summed E-state index contributed by atoms with van der Waals surface area (Å²) < 4.78 is 4.93. The van der Waals surface area contributed by atoms with Crippen molar-refractivity contribution in [2.24, 2.45) is 0 Å². The lowest BCUT2D eigenvalue weighted by molar-refractivity contribution is 0.0572. The first-order valence-electron chi connectivity index (χ1n) is 4.93. The molecule has 1 aliphatic rings. The summed E-state index contributed by atoms with van der Waals surface area (Å²) in [6.45, 7) is 2.73. The standard InChI is InChI=1S/C9H17NO4/c1-2-3-4-14-9(13)10-5-7(11)8(12)6-10/h7-8,11-12H,2-6H2,1H3. The van der Waals surface area contributed by atoms with E-state index in [-0.39, 0.29) is 13.1 Å². The molecule has 1 saturated heterocycles. The number of amides is 1. The summed E-state index contributed by atoms with van der Waals surface area (Å²) in [5.41, 5.74) is 0. The van der Waals surface area contributed by atoms with Crippen molar-refractivity contribution in [3.8, 4) is 0 Å². The Balaban J connectivity index is 2.25. The number of aliphatic hydroxyl groups is 2. The highest BCUT2D eigenvalue weighted by molar-refractivity contribution is 5.68. The molecular formula is C9H17NO4. The second-order valence-electron chi connectivity index (χ2n) is 3.51. The Bertz CT molecular complexity index is 187. The molecule has 1 heterocycles. The summed E-state index contributed by atoms with van der Waals surface area (Å²) in [7, 11) is 0. The number of unbranched alkanes of at least 4 members (excludes halogenated alkanes) is 1. The van der Waals surface area contributed by atoms with Crippen molar-refractivity contribution in [3.05, 3.63) is 0 Å². The predicted octanol–water partition coefficient (Wildman–Crippen LogP) is -0.0395. The lowest BCUT2D eigenvalue weighted by Gasteiger charge is -2.14. The second-order valence-corrected chi connectivity index (χ2v) is 3.51. The van der Waals surface area contributed by atoms with Gasteiger partial charge in [-0.3, -0.25) is 0 Å². The van der Waals surface area contributed by atoms with Crippen LogP contribution in [0.5, 0.6) is 0 Å². The molecule has 0 aliphatic carbocycles. The second kappa shape index (κ2) is 5.17. The van der Waals surface area contributed by atoms with Crippen LogP contribution in [0.25, 0.3) is 0 Å². The van der Waals surface area contributed by atoms with Gasteiger partial charge in [-0.2, -0.15) is 0 Å². The Labute approximate surface area is 83.3 Å². The molecule has 0 aromatic heterocycles. The highest BCUT2D eigenvalue weighted by Crippen LogP contribution is 2.11. The third kappa shape index (κ3) is 2.85. The smallest absolute Gasteiger partial charge is 0.409 e. The van der Waals surface area contributed by atoms with E-state index in [1.54, 1.807) is 0 Å². The van der Waals surface area contributed by atoms with Crippen LogP contribution in [-0.4, -0.2) is 53.1 Å². The Morgan fingerprint density at radius 2 is 2.00 bits per heavy atom. The lowest BCUT2D eigenvalue weighted by Crippen LogP contribution is -2.30. The molecule has 5 nitrogen and oxygen atoms in total. The fourth-order valence-corrected chi connectivity index (χ4v) is 1.31. The van der Waals surface area contributed by atoms with Gasteiger partial charge >= 0.3 is 6.09 Å². The first-order chi connectivity index (χ1) is 6.65. The molecule has 2 atom stereocenters. The molecule has 0 saturated carbocycles. The largest absolute Gasteiger partial charge is 0.449 e. The average Bonchev–Trinajstić information content (AvgIpc) is 2.47. The minimum Gasteiger partial charge on any atom is -0.449 e. The third-order valence-electron chi connectivity index (χ3n) is 2.24. The van der Waals surface area contributed by atoms with Gasteiger partial charge in [0.2, 0.25) is 0 Å². The van der Waals surface area contributed by atoms with E-state index in [0.29, 0.717) is 6.61 Å². The molecule has 0 radical (unpaired) electrons. The molecule has 5 heteroatoms. The van der Waals surface area contributed by atoms with Crippen LogP contribution in [0.15, 0.2) is 0 Å². The molecule has 0 aromatic carbocycles. The predicted molar refractivity (Wildman–Crippen MR) is 49.8 cm³/mol. The molecule has 1 aliphatic heterocycles. The zero-order valence-electron chi connectivity index (χ0n) is 8.35. The average molecular weight is 203 g/mol. The minimum absolute atomic E-state index is 0.159. The number of hydrogen-bond donors (Lipinski definition) is 2. The lowest BCUT2D eigenvalue weighted by atomic mass is 10.3. The van der Waals surface area contributed by atoms with Crippen LogP contribution in [0.3, 0.4) is 0 Å². The number of ether oxygens (including phenoxy) is 1. The van der Waals surface area contributed by atoms with Gasteiger partial charge in [-0.1, -0.05) is 13.3 Å². The monoisotopic (exact) mass is 203 g/mol. The number of likely N-dealkylation sites (tertiary alicyclic amines) is 1. The quantitative estimate of drug-likeness (QED) is 0.631. The van der Waals surface area contributed by atoms with Crippen LogP contribution in [0, 0.1) is 0 Å². The number of carbonyl (C=O) groups is 1. The topological polar surface area (TPSA) is 70.0 Å². The number of carbonyl (C=O) groups excluding carboxylic acids is 1. The van der Waals surface area contributed by atoms with Gasteiger partial charge in [0.1, 0.15) is 0 Å². The number of rotatable bonds is 3. The van der Waals surface area contributed by atoms with Gasteiger partial charge in [-0.15, -0.1) is 0 Å². The van der Waals surface area contributed by atoms with Gasteiger partial charge in [0, 0.05) is 0 Å². The Kier molecular flexibility index (Phi) is 4.16. The maximum Gasteiger partial charge on any atom is 0.409 e. The first kappa shape index (κ1) is 11.3. The number of nitrogens with zero attached hydrogens (tertiary/aromatic N) is 1. The Hall–Kier alpha value is -0.810. The van der Waals surface area contributed by atoms with E-state index >= 15 is 0 Å². The highest BCUT2D eigenvalue weighted by atomic mass is 16.6. The van der Waals surface area contributed by atoms with Crippen LogP contribution in [-0.2, 0) is 4.74 Å². The van der Waals surface area contributed by atoms with Gasteiger partial charge in [0.15, 0.2) is 0 Å². The summed E-state index contributed by atoms with van der Waals surface area (Å²) in [5, 5.41) is 18.4. The van der Waals surface area contributed by atoms with Crippen molar-refractivity contribution >= 4 is 6.09 Å². The molecule has 1 fully saturated rings. The summed E-state index contributed by atoms with van der Waals surface area (Å²) in [4.78, 5) is 12.6. The fraction of sp³-hybridized carbons (Fsp3) is 0.889. The van der Waals surface area contributed by atoms with E-state index < -0.39 is 18.3 Å². The van der Waals surface area contributed by atoms with Crippen molar-refractivity contribution in [1.82, 2.24) is 4.90 Å². The van der Waals surface area contributed by atoms with Crippen LogP contribution >= 0.6 is 0 Å². The normalized spacial score (nSPS) is 26.6. The minimum atomic E-state index is -0.839. The molecule has 1 amide bonds. The van der Waals surface area contributed by atoms with Gasteiger partial charge < -0.3 is 19.8 Å². The van der Waals surface area contributed by atoms with Crippen molar-refractivity contribution < 1.29 is 19.7 Å². The molecule has 0 bridgehead atoms. The summed E-state index contributed by atoms with van der Waals surface area (Å²) in [6.07, 6.45) is -0.319. The Morgan fingerprint density at radius 3 is 2.50 bits per heavy atom. The maximum atomic E-state index is 11.3. The summed E-state index contributed by atoms with van der Waals surface area (Å²) in [6, 6.07) is 0. The van der Waals surface area contributed by atoms with E-state index in [2.05, 4.69) is 0 Å². The van der Waals surface area contributed by atoms with Crippen LogP contribution in [0.1, 0.15) is 19.8 Å². The van der Waals surface area contributed by atoms with Crippen LogP contribution in [0.4, 0.5) is 4.79 Å². The van der Waals surface area contributed by atoms with E-state index in [1.165, 1.54) is 4.90 Å². The number of β-amino-alcohol motifs (C(OH)–C–C–N with tert-alkyl or cyclic N) is 2. The van der Waals surface area contributed by atoms with Crippen molar-refractivity contribution in [1.29, 1.82) is 0 Å². The summed E-state index contributed by atoms with van der Waals surface area (Å²) >= 11 is 0. The molecule has 2 unspecified atom stereocenters. The van der Waals surface area contributed by atoms with Crippen molar-refractivity contribution in [2.45, 2.75) is 32.0 Å². The van der Waals surface area contributed by atoms with Gasteiger partial charge in [-0.05, 0) is 6.42 Å². The van der Waals surface area contributed by atoms with E-state index in [0.717, 1.165) is 12.8 Å². The van der Waals surface area contributed by atoms with E-state index in [9.17, 15) is 15.0 Å². The van der Waals surface area contributed by atoms with Crippen LogP contribution in [0.2, 0.25) is 0 Å². The third-order valence-corrected chi connectivity index (χ3v) is 2.24. The Morgan fingerprint density at radius 1 is 1.43 bits per heavy atom. The number of hydrogen-bond acceptors (Lipinski definition) is 4. The maximum absolute atomic E-state index is 11.3. The first-order valence-corrected chi connectivity index (χ1v) is 4.93. The molecule has 2 N–H and O–H groups in total. The van der Waals surface area contributed by atoms with Gasteiger partial charge in [0.05, 0.1) is 31.9 Å². The zero-order valence-corrected chi connectivity index (χ0v) is 8.35. The SMILES string of the molecule is CCCCOC(=O)N1CC(O)C(O)C1. The molecule has 0 aromatic rings. The van der Waals surface area contributed by atoms with E-state index in [1.807, 2.05) is 6.92 Å². The van der Waals surface area contributed by atoms with Crippen LogP contribution < -0.4 is 0 Å². The van der Waals surface area contributed by atoms with Crippen molar-refractivity contribution in [3.63, 3.8) is 0 Å². The molecule has 14 heavy (non-hydrogen) atoms. The summed E-state index contributed by atoms with van der Waals surface area (Å²) in [5.74, 6) is 0.